The number of aromatic amines is 1. The van der Waals surface area contributed by atoms with Crippen LogP contribution in [0.3, 0.4) is 0 Å². The molecule has 0 aliphatic carbocycles. The van der Waals surface area contributed by atoms with E-state index in [0.29, 0.717) is 5.82 Å². The Kier molecular flexibility index (Phi) is 4.08. The van der Waals surface area contributed by atoms with Gasteiger partial charge in [0, 0.05) is 18.0 Å². The normalized spacial score (nSPS) is 13.4. The van der Waals surface area contributed by atoms with Crippen LogP contribution in [0.5, 0.6) is 0 Å². The first-order chi connectivity index (χ1) is 11.4. The summed E-state index contributed by atoms with van der Waals surface area (Å²) in [7, 11) is 0. The molecule has 0 radical (unpaired) electrons. The Balaban J connectivity index is 2.01. The maximum atomic E-state index is 12.9. The number of hydrogen-bond acceptors (Lipinski definition) is 5. The zero-order valence-corrected chi connectivity index (χ0v) is 13.0. The molecule has 0 aromatic carbocycles. The van der Waals surface area contributed by atoms with E-state index in [1.54, 1.807) is 12.4 Å². The summed E-state index contributed by atoms with van der Waals surface area (Å²) in [5.41, 5.74) is 0.0997. The summed E-state index contributed by atoms with van der Waals surface area (Å²) in [6.45, 7) is 3.97. The molecular weight excluding hydrogens is 321 g/mol. The first-order valence-corrected chi connectivity index (χ1v) is 7.28. The van der Waals surface area contributed by atoms with E-state index in [0.717, 1.165) is 11.6 Å². The molecule has 0 saturated carbocycles. The standard InChI is InChI=1S/C15H15F3N6/c1-8(2)12(9-4-19-6-20-5-9)24-14-10-3-11(15(16,17)18)23-13(10)21-7-22-14/h3-8,12H,1-2H3,(H2,21,22,23,24). The molecule has 24 heavy (non-hydrogen) atoms. The number of nitrogens with one attached hydrogen (secondary N) is 2. The molecule has 0 aliphatic rings. The molecule has 9 heteroatoms. The zero-order chi connectivity index (χ0) is 17.3. The van der Waals surface area contributed by atoms with E-state index in [2.05, 4.69) is 30.2 Å². The molecule has 0 fully saturated rings. The Morgan fingerprint density at radius 1 is 1.08 bits per heavy atom. The van der Waals surface area contributed by atoms with Crippen molar-refractivity contribution < 1.29 is 13.2 Å². The van der Waals surface area contributed by atoms with Gasteiger partial charge in [0.25, 0.3) is 0 Å². The number of fused-ring (bicyclic) bond motifs is 1. The van der Waals surface area contributed by atoms with Crippen LogP contribution in [0.25, 0.3) is 11.0 Å². The fourth-order valence-corrected chi connectivity index (χ4v) is 2.46. The summed E-state index contributed by atoms with van der Waals surface area (Å²) >= 11 is 0. The summed E-state index contributed by atoms with van der Waals surface area (Å²) in [6, 6.07) is 0.810. The average molecular weight is 336 g/mol. The molecule has 0 amide bonds. The van der Waals surface area contributed by atoms with Crippen molar-refractivity contribution in [3.8, 4) is 0 Å². The lowest BCUT2D eigenvalue weighted by atomic mass is 9.98. The summed E-state index contributed by atoms with van der Waals surface area (Å²) in [4.78, 5) is 18.2. The van der Waals surface area contributed by atoms with E-state index in [1.807, 2.05) is 13.8 Å². The second kappa shape index (κ2) is 6.06. The van der Waals surface area contributed by atoms with Gasteiger partial charge in [-0.25, -0.2) is 19.9 Å². The zero-order valence-electron chi connectivity index (χ0n) is 13.0. The minimum atomic E-state index is -4.47. The van der Waals surface area contributed by atoms with Gasteiger partial charge in [-0.2, -0.15) is 13.2 Å². The number of hydrogen-bond donors (Lipinski definition) is 2. The lowest BCUT2D eigenvalue weighted by Crippen LogP contribution is -2.18. The van der Waals surface area contributed by atoms with Crippen molar-refractivity contribution in [2.75, 3.05) is 5.32 Å². The van der Waals surface area contributed by atoms with E-state index in [9.17, 15) is 13.2 Å². The van der Waals surface area contributed by atoms with Gasteiger partial charge >= 0.3 is 6.18 Å². The Labute approximate surface area is 135 Å². The van der Waals surface area contributed by atoms with Crippen LogP contribution < -0.4 is 5.32 Å². The van der Waals surface area contributed by atoms with Gasteiger partial charge in [0.05, 0.1) is 11.4 Å². The molecule has 3 rings (SSSR count). The molecule has 3 aromatic heterocycles. The Bertz CT molecular complexity index is 828. The predicted molar refractivity (Wildman–Crippen MR) is 82.1 cm³/mol. The van der Waals surface area contributed by atoms with E-state index in [1.165, 1.54) is 12.7 Å². The van der Waals surface area contributed by atoms with Gasteiger partial charge < -0.3 is 10.3 Å². The third kappa shape index (κ3) is 3.15. The van der Waals surface area contributed by atoms with E-state index in [-0.39, 0.29) is 23.0 Å². The molecule has 6 nitrogen and oxygen atoms in total. The number of halogens is 3. The highest BCUT2D eigenvalue weighted by atomic mass is 19.4. The molecule has 1 atom stereocenters. The Hall–Kier alpha value is -2.71. The Morgan fingerprint density at radius 3 is 2.42 bits per heavy atom. The van der Waals surface area contributed by atoms with Crippen molar-refractivity contribution in [2.45, 2.75) is 26.1 Å². The lowest BCUT2D eigenvalue weighted by molar-refractivity contribution is -0.140. The summed E-state index contributed by atoms with van der Waals surface area (Å²) < 4.78 is 38.7. The number of nitrogens with zero attached hydrogens (tertiary/aromatic N) is 4. The molecule has 0 spiro atoms. The fraction of sp³-hybridized carbons (Fsp3) is 0.333. The quantitative estimate of drug-likeness (QED) is 0.761. The molecule has 126 valence electrons. The van der Waals surface area contributed by atoms with Gasteiger partial charge in [-0.1, -0.05) is 13.8 Å². The largest absolute Gasteiger partial charge is 0.431 e. The van der Waals surface area contributed by atoms with Crippen LogP contribution in [0.1, 0.15) is 31.1 Å². The fourth-order valence-electron chi connectivity index (χ4n) is 2.46. The van der Waals surface area contributed by atoms with Crippen LogP contribution >= 0.6 is 0 Å². The van der Waals surface area contributed by atoms with Gasteiger partial charge in [-0.05, 0) is 12.0 Å². The highest BCUT2D eigenvalue weighted by molar-refractivity contribution is 5.87. The molecule has 2 N–H and O–H groups in total. The summed E-state index contributed by atoms with van der Waals surface area (Å²) in [6.07, 6.45) is 1.51. The molecule has 3 aromatic rings. The van der Waals surface area contributed by atoms with Gasteiger partial charge in [0.15, 0.2) is 0 Å². The van der Waals surface area contributed by atoms with Crippen LogP contribution in [0.4, 0.5) is 19.0 Å². The van der Waals surface area contributed by atoms with E-state index >= 15 is 0 Å². The number of H-pyrrole nitrogens is 1. The number of aromatic nitrogens is 5. The van der Waals surface area contributed by atoms with E-state index < -0.39 is 11.9 Å². The van der Waals surface area contributed by atoms with Crippen LogP contribution in [0.2, 0.25) is 0 Å². The highest BCUT2D eigenvalue weighted by Crippen LogP contribution is 2.34. The van der Waals surface area contributed by atoms with Crippen LogP contribution in [0, 0.1) is 5.92 Å². The molecule has 1 unspecified atom stereocenters. The predicted octanol–water partition coefficient (Wildman–Crippen LogP) is 3.58. The van der Waals surface area contributed by atoms with Crippen LogP contribution in [-0.2, 0) is 6.18 Å². The first-order valence-electron chi connectivity index (χ1n) is 7.28. The highest BCUT2D eigenvalue weighted by Gasteiger charge is 2.33. The van der Waals surface area contributed by atoms with Crippen molar-refractivity contribution >= 4 is 16.9 Å². The van der Waals surface area contributed by atoms with Crippen molar-refractivity contribution in [1.82, 2.24) is 24.9 Å². The van der Waals surface area contributed by atoms with Gasteiger partial charge in [0.1, 0.15) is 29.8 Å². The maximum Gasteiger partial charge on any atom is 0.431 e. The van der Waals surface area contributed by atoms with Crippen LogP contribution in [-0.4, -0.2) is 24.9 Å². The summed E-state index contributed by atoms with van der Waals surface area (Å²) in [5.74, 6) is 0.469. The van der Waals surface area contributed by atoms with Gasteiger partial charge in [-0.3, -0.25) is 0 Å². The van der Waals surface area contributed by atoms with Crippen LogP contribution in [0.15, 0.2) is 31.1 Å². The minimum absolute atomic E-state index is 0.131. The van der Waals surface area contributed by atoms with Gasteiger partial charge in [-0.15, -0.1) is 0 Å². The second-order valence-electron chi connectivity index (χ2n) is 5.70. The number of alkyl halides is 3. The molecule has 0 aliphatic heterocycles. The average Bonchev–Trinajstić information content (AvgIpc) is 2.98. The molecular formula is C15H15F3N6. The third-order valence-corrected chi connectivity index (χ3v) is 3.63. The lowest BCUT2D eigenvalue weighted by Gasteiger charge is -2.23. The monoisotopic (exact) mass is 336 g/mol. The topological polar surface area (TPSA) is 79.4 Å². The minimum Gasteiger partial charge on any atom is -0.362 e. The van der Waals surface area contributed by atoms with Crippen molar-refractivity contribution in [1.29, 1.82) is 0 Å². The molecule has 0 bridgehead atoms. The maximum absolute atomic E-state index is 12.9. The van der Waals surface area contributed by atoms with Crippen molar-refractivity contribution in [3.63, 3.8) is 0 Å². The van der Waals surface area contributed by atoms with Gasteiger partial charge in [0.2, 0.25) is 0 Å². The second-order valence-corrected chi connectivity index (χ2v) is 5.70. The van der Waals surface area contributed by atoms with Crippen molar-refractivity contribution in [2.24, 2.45) is 5.92 Å². The van der Waals surface area contributed by atoms with E-state index in [4.69, 9.17) is 0 Å². The first kappa shape index (κ1) is 16.2. The number of rotatable bonds is 4. The van der Waals surface area contributed by atoms with Crippen molar-refractivity contribution in [3.05, 3.63) is 42.4 Å². The Morgan fingerprint density at radius 2 is 1.79 bits per heavy atom. The smallest absolute Gasteiger partial charge is 0.362 e. The molecule has 0 saturated heterocycles. The number of anilines is 1. The summed E-state index contributed by atoms with van der Waals surface area (Å²) in [5, 5.41) is 3.47. The molecule has 3 heterocycles. The third-order valence-electron chi connectivity index (χ3n) is 3.63. The SMILES string of the molecule is CC(C)C(Nc1ncnc2[nH]c(C(F)(F)F)cc12)c1cncnc1.